The summed E-state index contributed by atoms with van der Waals surface area (Å²) in [5.41, 5.74) is -0.0482. The van der Waals surface area contributed by atoms with Crippen LogP contribution in [0.4, 0.5) is 15.8 Å². The van der Waals surface area contributed by atoms with Crippen LogP contribution in [0.25, 0.3) is 0 Å². The Morgan fingerprint density at radius 1 is 1.36 bits per heavy atom. The Hall–Kier alpha value is -2.13. The highest BCUT2D eigenvalue weighted by atomic mass is 32.2. The summed E-state index contributed by atoms with van der Waals surface area (Å²) in [5.74, 6) is -1.10. The highest BCUT2D eigenvalue weighted by Gasteiger charge is 2.36. The van der Waals surface area contributed by atoms with E-state index in [-0.39, 0.29) is 21.3 Å². The quantitative estimate of drug-likeness (QED) is 0.926. The third-order valence-corrected chi connectivity index (χ3v) is 6.34. The van der Waals surface area contributed by atoms with Crippen molar-refractivity contribution in [2.75, 3.05) is 23.3 Å². The van der Waals surface area contributed by atoms with Crippen molar-refractivity contribution in [2.45, 2.75) is 4.21 Å². The number of sulfonamides is 1. The molecule has 1 amide bonds. The molecule has 3 rings (SSSR count). The first-order valence-corrected chi connectivity index (χ1v) is 8.49. The molecular formula is C13H11FN2O4S2. The Morgan fingerprint density at radius 3 is 2.86 bits per heavy atom. The Labute approximate surface area is 130 Å². The van der Waals surface area contributed by atoms with Crippen LogP contribution >= 0.6 is 11.3 Å². The molecule has 9 heteroatoms. The normalized spacial score (nSPS) is 14.5. The van der Waals surface area contributed by atoms with Crippen molar-refractivity contribution in [3.63, 3.8) is 0 Å². The number of carbonyl (C=O) groups is 1. The van der Waals surface area contributed by atoms with Crippen molar-refractivity contribution < 1.29 is 22.3 Å². The van der Waals surface area contributed by atoms with E-state index in [2.05, 4.69) is 5.32 Å². The molecule has 0 spiro atoms. The van der Waals surface area contributed by atoms with Crippen molar-refractivity contribution in [2.24, 2.45) is 0 Å². The Balaban J connectivity index is 2.17. The van der Waals surface area contributed by atoms with Gasteiger partial charge in [-0.3, -0.25) is 9.10 Å². The smallest absolute Gasteiger partial charge is 0.278 e. The molecule has 0 aliphatic carbocycles. The number of methoxy groups -OCH3 is 1. The highest BCUT2D eigenvalue weighted by molar-refractivity contribution is 7.95. The van der Waals surface area contributed by atoms with Crippen molar-refractivity contribution in [1.82, 2.24) is 0 Å². The van der Waals surface area contributed by atoms with Gasteiger partial charge in [-0.25, -0.2) is 12.8 Å². The van der Waals surface area contributed by atoms with Gasteiger partial charge in [-0.1, -0.05) is 6.07 Å². The van der Waals surface area contributed by atoms with Gasteiger partial charge in [0.2, 0.25) is 5.91 Å². The molecule has 1 aliphatic rings. The lowest BCUT2D eigenvalue weighted by molar-refractivity contribution is -0.115. The summed E-state index contributed by atoms with van der Waals surface area (Å²) in [6.07, 6.45) is 0. The van der Waals surface area contributed by atoms with Crippen molar-refractivity contribution >= 4 is 38.6 Å². The molecule has 2 aromatic rings. The van der Waals surface area contributed by atoms with Crippen LogP contribution in [0.2, 0.25) is 0 Å². The molecule has 116 valence electrons. The van der Waals surface area contributed by atoms with Gasteiger partial charge < -0.3 is 10.1 Å². The van der Waals surface area contributed by atoms with Crippen LogP contribution in [0.5, 0.6) is 5.75 Å². The zero-order chi connectivity index (χ0) is 15.9. The second-order valence-electron chi connectivity index (χ2n) is 4.47. The Morgan fingerprint density at radius 2 is 2.14 bits per heavy atom. The predicted octanol–water partition coefficient (Wildman–Crippen LogP) is 2.04. The monoisotopic (exact) mass is 342 g/mol. The average molecular weight is 342 g/mol. The molecule has 2 heterocycles. The molecule has 6 nitrogen and oxygen atoms in total. The standard InChI is InChI=1S/C13H11FN2O4S2/c1-20-10-5-6-21-13(10)22(18,19)16-7-11(17)15-12-8(14)3-2-4-9(12)16/h2-6H,7H2,1H3,(H,15,17). The van der Waals surface area contributed by atoms with E-state index in [1.165, 1.54) is 25.3 Å². The van der Waals surface area contributed by atoms with E-state index in [1.807, 2.05) is 0 Å². The first-order valence-electron chi connectivity index (χ1n) is 6.17. The average Bonchev–Trinajstić information content (AvgIpc) is 2.97. The molecule has 1 aliphatic heterocycles. The number of thiophene rings is 1. The molecule has 0 atom stereocenters. The van der Waals surface area contributed by atoms with E-state index in [0.717, 1.165) is 21.7 Å². The molecule has 0 radical (unpaired) electrons. The second kappa shape index (κ2) is 5.25. The number of para-hydroxylation sites is 1. The fourth-order valence-electron chi connectivity index (χ4n) is 2.18. The topological polar surface area (TPSA) is 75.7 Å². The van der Waals surface area contributed by atoms with Crippen LogP contribution < -0.4 is 14.4 Å². The minimum atomic E-state index is -4.03. The van der Waals surface area contributed by atoms with Gasteiger partial charge in [-0.2, -0.15) is 0 Å². The molecule has 0 bridgehead atoms. The van der Waals surface area contributed by atoms with Gasteiger partial charge in [-0.05, 0) is 23.6 Å². The minimum absolute atomic E-state index is 0.0279. The summed E-state index contributed by atoms with van der Waals surface area (Å²) < 4.78 is 45.3. The van der Waals surface area contributed by atoms with Crippen LogP contribution in [-0.2, 0) is 14.8 Å². The number of benzene rings is 1. The van der Waals surface area contributed by atoms with E-state index in [1.54, 1.807) is 5.38 Å². The van der Waals surface area contributed by atoms with Crippen LogP contribution in [0.1, 0.15) is 0 Å². The largest absolute Gasteiger partial charge is 0.494 e. The predicted molar refractivity (Wildman–Crippen MR) is 80.4 cm³/mol. The number of rotatable bonds is 3. The summed E-state index contributed by atoms with van der Waals surface area (Å²) in [5, 5.41) is 3.93. The van der Waals surface area contributed by atoms with Crippen molar-refractivity contribution in [3.8, 4) is 5.75 Å². The maximum absolute atomic E-state index is 13.8. The molecule has 22 heavy (non-hydrogen) atoms. The van der Waals surface area contributed by atoms with Gasteiger partial charge >= 0.3 is 0 Å². The molecule has 1 aromatic heterocycles. The van der Waals surface area contributed by atoms with E-state index >= 15 is 0 Å². The van der Waals surface area contributed by atoms with E-state index in [0.29, 0.717) is 0 Å². The Kier molecular flexibility index (Phi) is 3.53. The molecule has 1 aromatic carbocycles. The number of hydrogen-bond acceptors (Lipinski definition) is 5. The number of hydrogen-bond donors (Lipinski definition) is 1. The third kappa shape index (κ3) is 2.22. The van der Waals surface area contributed by atoms with E-state index in [4.69, 9.17) is 4.74 Å². The fourth-order valence-corrected chi connectivity index (χ4v) is 4.99. The zero-order valence-electron chi connectivity index (χ0n) is 11.4. The maximum atomic E-state index is 13.8. The summed E-state index contributed by atoms with van der Waals surface area (Å²) >= 11 is 0.975. The summed E-state index contributed by atoms with van der Waals surface area (Å²) in [6, 6.07) is 5.50. The van der Waals surface area contributed by atoms with Gasteiger partial charge in [0.25, 0.3) is 10.0 Å². The summed E-state index contributed by atoms with van der Waals surface area (Å²) in [6.45, 7) is -0.417. The summed E-state index contributed by atoms with van der Waals surface area (Å²) in [7, 11) is -2.67. The lowest BCUT2D eigenvalue weighted by atomic mass is 10.2. The van der Waals surface area contributed by atoms with Crippen LogP contribution in [0.15, 0.2) is 33.9 Å². The SMILES string of the molecule is COc1ccsc1S(=O)(=O)N1CC(=O)Nc2c(F)cccc21. The third-order valence-electron chi connectivity index (χ3n) is 3.15. The van der Waals surface area contributed by atoms with Gasteiger partial charge in [0.1, 0.15) is 23.8 Å². The number of amides is 1. The zero-order valence-corrected chi connectivity index (χ0v) is 13.0. The maximum Gasteiger partial charge on any atom is 0.278 e. The summed E-state index contributed by atoms with van der Waals surface area (Å²) in [4.78, 5) is 11.7. The van der Waals surface area contributed by atoms with Gasteiger partial charge in [0, 0.05) is 0 Å². The number of halogens is 1. The number of anilines is 2. The lowest BCUT2D eigenvalue weighted by Crippen LogP contribution is -2.42. The second-order valence-corrected chi connectivity index (χ2v) is 7.44. The lowest BCUT2D eigenvalue weighted by Gasteiger charge is -2.29. The molecule has 1 N–H and O–H groups in total. The Bertz CT molecular complexity index is 847. The molecule has 0 fully saturated rings. The van der Waals surface area contributed by atoms with Gasteiger partial charge in [-0.15, -0.1) is 11.3 Å². The minimum Gasteiger partial charge on any atom is -0.494 e. The number of nitrogens with one attached hydrogen (secondary N) is 1. The van der Waals surface area contributed by atoms with Crippen LogP contribution in [0, 0.1) is 5.82 Å². The van der Waals surface area contributed by atoms with Crippen molar-refractivity contribution in [1.29, 1.82) is 0 Å². The van der Waals surface area contributed by atoms with Crippen LogP contribution in [-0.4, -0.2) is 28.0 Å². The van der Waals surface area contributed by atoms with Gasteiger partial charge in [0.05, 0.1) is 12.8 Å². The first kappa shape index (κ1) is 14.8. The van der Waals surface area contributed by atoms with Crippen molar-refractivity contribution in [3.05, 3.63) is 35.5 Å². The van der Waals surface area contributed by atoms with E-state index in [9.17, 15) is 17.6 Å². The number of fused-ring (bicyclic) bond motifs is 1. The highest BCUT2D eigenvalue weighted by Crippen LogP contribution is 2.39. The fraction of sp³-hybridized carbons (Fsp3) is 0.154. The molecular weight excluding hydrogens is 331 g/mol. The molecule has 0 saturated carbocycles. The number of nitrogens with zero attached hydrogens (tertiary/aromatic N) is 1. The molecule has 0 unspecified atom stereocenters. The van der Waals surface area contributed by atoms with E-state index < -0.39 is 28.3 Å². The number of ether oxygens (including phenoxy) is 1. The molecule has 0 saturated heterocycles. The number of carbonyl (C=O) groups excluding carboxylic acids is 1. The van der Waals surface area contributed by atoms with Crippen LogP contribution in [0.3, 0.4) is 0 Å². The van der Waals surface area contributed by atoms with Gasteiger partial charge in [0.15, 0.2) is 4.21 Å². The first-order chi connectivity index (χ1) is 10.4.